The van der Waals surface area contributed by atoms with Gasteiger partial charge in [-0.1, -0.05) is 115 Å². The van der Waals surface area contributed by atoms with Crippen LogP contribution in [0.15, 0.2) is 134 Å². The molecule has 0 spiro atoms. The van der Waals surface area contributed by atoms with Crippen molar-refractivity contribution in [1.82, 2.24) is 4.98 Å². The third-order valence-electron chi connectivity index (χ3n) is 5.62. The number of nitrogens with zero attached hydrogens (tertiary/aromatic N) is 1. The van der Waals surface area contributed by atoms with Crippen LogP contribution in [0.2, 0.25) is 0 Å². The topological polar surface area (TPSA) is 30.0 Å². The lowest BCUT2D eigenvalue weighted by molar-refractivity contribution is 0.592. The lowest BCUT2D eigenvalue weighted by atomic mass is 9.99. The van der Waals surface area contributed by atoms with Gasteiger partial charge in [0.25, 0.3) is 0 Å². The van der Waals surface area contributed by atoms with Crippen LogP contribution in [0.1, 0.15) is 0 Å². The van der Waals surface area contributed by atoms with E-state index in [9.17, 15) is 4.57 Å². The molecule has 0 N–H and O–H groups in total. The van der Waals surface area contributed by atoms with E-state index in [4.69, 9.17) is 4.98 Å². The van der Waals surface area contributed by atoms with E-state index in [-0.39, 0.29) is 0 Å². The van der Waals surface area contributed by atoms with Gasteiger partial charge < -0.3 is 4.57 Å². The molecule has 0 saturated heterocycles. The molecule has 5 rings (SSSR count). The van der Waals surface area contributed by atoms with Gasteiger partial charge in [0.1, 0.15) is 0 Å². The maximum absolute atomic E-state index is 14.7. The molecule has 1 heterocycles. The molecular formula is C29H22NOP. The van der Waals surface area contributed by atoms with Gasteiger partial charge in [-0.05, 0) is 17.7 Å². The summed E-state index contributed by atoms with van der Waals surface area (Å²) in [7, 11) is -3.04. The molecule has 0 aliphatic carbocycles. The number of aromatic nitrogens is 1. The summed E-state index contributed by atoms with van der Waals surface area (Å²) in [5.74, 6) is 0. The van der Waals surface area contributed by atoms with Crippen molar-refractivity contribution in [3.05, 3.63) is 134 Å². The zero-order valence-electron chi connectivity index (χ0n) is 17.5. The molecule has 1 aromatic heterocycles. The van der Waals surface area contributed by atoms with Crippen molar-refractivity contribution in [2.24, 2.45) is 0 Å². The van der Waals surface area contributed by atoms with E-state index < -0.39 is 7.14 Å². The van der Waals surface area contributed by atoms with Gasteiger partial charge in [0.15, 0.2) is 7.14 Å². The van der Waals surface area contributed by atoms with Crippen LogP contribution in [0, 0.1) is 0 Å². The maximum Gasteiger partial charge on any atom is 0.171 e. The normalized spacial score (nSPS) is 11.2. The van der Waals surface area contributed by atoms with Crippen molar-refractivity contribution < 1.29 is 4.57 Å². The summed E-state index contributed by atoms with van der Waals surface area (Å²) in [6, 6.07) is 41.8. The zero-order valence-corrected chi connectivity index (χ0v) is 18.4. The standard InChI is InChI=1S/C29H22NOP/c31-32(25-15-6-2-7-16-25,26-17-8-3-9-18-26)27-19-10-14-24(22-27)29-28(20-11-21-30-29)23-12-4-1-5-13-23/h1-22H. The molecule has 154 valence electrons. The van der Waals surface area contributed by atoms with Gasteiger partial charge in [-0.3, -0.25) is 4.98 Å². The van der Waals surface area contributed by atoms with E-state index in [1.54, 1.807) is 0 Å². The van der Waals surface area contributed by atoms with E-state index in [1.165, 1.54) is 0 Å². The first-order chi connectivity index (χ1) is 15.8. The van der Waals surface area contributed by atoms with Crippen LogP contribution in [-0.2, 0) is 4.57 Å². The van der Waals surface area contributed by atoms with Crippen molar-refractivity contribution in [2.75, 3.05) is 0 Å². The number of benzene rings is 4. The second-order valence-electron chi connectivity index (χ2n) is 7.60. The van der Waals surface area contributed by atoms with E-state index in [0.717, 1.165) is 38.3 Å². The molecule has 0 bridgehead atoms. The second kappa shape index (κ2) is 8.78. The summed E-state index contributed by atoms with van der Waals surface area (Å²) in [5, 5.41) is 2.46. The molecule has 0 atom stereocenters. The molecule has 2 nitrogen and oxygen atoms in total. The molecule has 32 heavy (non-hydrogen) atoms. The highest BCUT2D eigenvalue weighted by molar-refractivity contribution is 7.85. The Morgan fingerprint density at radius 1 is 0.500 bits per heavy atom. The minimum absolute atomic E-state index is 0.803. The Morgan fingerprint density at radius 2 is 1.03 bits per heavy atom. The summed E-state index contributed by atoms with van der Waals surface area (Å²) in [4.78, 5) is 4.70. The third-order valence-corrected chi connectivity index (χ3v) is 8.67. The van der Waals surface area contributed by atoms with Gasteiger partial charge >= 0.3 is 0 Å². The van der Waals surface area contributed by atoms with Crippen LogP contribution in [0.3, 0.4) is 0 Å². The fraction of sp³-hybridized carbons (Fsp3) is 0. The summed E-state index contributed by atoms with van der Waals surface area (Å²) in [6.45, 7) is 0. The lowest BCUT2D eigenvalue weighted by Crippen LogP contribution is -2.25. The van der Waals surface area contributed by atoms with Gasteiger partial charge in [0, 0.05) is 33.2 Å². The molecule has 0 aliphatic heterocycles. The minimum atomic E-state index is -3.04. The Morgan fingerprint density at radius 3 is 1.66 bits per heavy atom. The van der Waals surface area contributed by atoms with Gasteiger partial charge in [-0.2, -0.15) is 0 Å². The van der Waals surface area contributed by atoms with Crippen LogP contribution in [0.5, 0.6) is 0 Å². The molecule has 4 aromatic carbocycles. The van der Waals surface area contributed by atoms with Crippen LogP contribution in [0.25, 0.3) is 22.4 Å². The van der Waals surface area contributed by atoms with Gasteiger partial charge in [0.2, 0.25) is 0 Å². The number of hydrogen-bond donors (Lipinski definition) is 0. The first kappa shape index (κ1) is 20.2. The Kier molecular flexibility index (Phi) is 5.54. The zero-order chi connectivity index (χ0) is 21.8. The number of rotatable bonds is 5. The lowest BCUT2D eigenvalue weighted by Gasteiger charge is -2.21. The summed E-state index contributed by atoms with van der Waals surface area (Å²) in [5.41, 5.74) is 4.00. The first-order valence-corrected chi connectivity index (χ1v) is 12.3. The highest BCUT2D eigenvalue weighted by atomic mass is 31.2. The first-order valence-electron chi connectivity index (χ1n) is 10.6. The third kappa shape index (κ3) is 3.70. The number of pyridine rings is 1. The van der Waals surface area contributed by atoms with E-state index in [1.807, 2.05) is 115 Å². The smallest absolute Gasteiger partial charge is 0.171 e. The second-order valence-corrected chi connectivity index (χ2v) is 10.4. The fourth-order valence-corrected chi connectivity index (χ4v) is 6.75. The van der Waals surface area contributed by atoms with E-state index >= 15 is 0 Å². The summed E-state index contributed by atoms with van der Waals surface area (Å²) in [6.07, 6.45) is 1.81. The van der Waals surface area contributed by atoms with Crippen LogP contribution < -0.4 is 15.9 Å². The maximum atomic E-state index is 14.7. The molecule has 0 aliphatic rings. The van der Waals surface area contributed by atoms with Crippen LogP contribution in [0.4, 0.5) is 0 Å². The largest absolute Gasteiger partial charge is 0.309 e. The monoisotopic (exact) mass is 431 g/mol. The summed E-state index contributed by atoms with van der Waals surface area (Å²) >= 11 is 0. The SMILES string of the molecule is O=P(c1ccccc1)(c1ccccc1)c1cccc(-c2ncccc2-c2ccccc2)c1. The predicted molar refractivity (Wildman–Crippen MR) is 135 cm³/mol. The predicted octanol–water partition coefficient (Wildman–Crippen LogP) is 6.06. The minimum Gasteiger partial charge on any atom is -0.309 e. The molecular weight excluding hydrogens is 409 g/mol. The molecule has 0 fully saturated rings. The van der Waals surface area contributed by atoms with Gasteiger partial charge in [-0.25, -0.2) is 0 Å². The average molecular weight is 431 g/mol. The van der Waals surface area contributed by atoms with Crippen molar-refractivity contribution in [3.8, 4) is 22.4 Å². The van der Waals surface area contributed by atoms with Crippen molar-refractivity contribution >= 4 is 23.1 Å². The molecule has 5 aromatic rings. The van der Waals surface area contributed by atoms with E-state index in [0.29, 0.717) is 0 Å². The Bertz CT molecular complexity index is 1340. The summed E-state index contributed by atoms with van der Waals surface area (Å²) < 4.78 is 14.7. The Balaban J connectivity index is 1.70. The molecule has 0 amide bonds. The quantitative estimate of drug-likeness (QED) is 0.317. The van der Waals surface area contributed by atoms with Crippen LogP contribution in [-0.4, -0.2) is 4.98 Å². The molecule has 0 saturated carbocycles. The van der Waals surface area contributed by atoms with Crippen molar-refractivity contribution in [2.45, 2.75) is 0 Å². The van der Waals surface area contributed by atoms with Crippen LogP contribution >= 0.6 is 7.14 Å². The average Bonchev–Trinajstić information content (AvgIpc) is 2.90. The fourth-order valence-electron chi connectivity index (χ4n) is 4.06. The molecule has 0 radical (unpaired) electrons. The van der Waals surface area contributed by atoms with Crippen molar-refractivity contribution in [3.63, 3.8) is 0 Å². The molecule has 0 unspecified atom stereocenters. The molecule has 3 heteroatoms. The number of hydrogen-bond acceptors (Lipinski definition) is 2. The highest BCUT2D eigenvalue weighted by Gasteiger charge is 2.29. The van der Waals surface area contributed by atoms with E-state index in [2.05, 4.69) is 18.2 Å². The van der Waals surface area contributed by atoms with Crippen molar-refractivity contribution in [1.29, 1.82) is 0 Å². The van der Waals surface area contributed by atoms with Gasteiger partial charge in [-0.15, -0.1) is 0 Å². The highest BCUT2D eigenvalue weighted by Crippen LogP contribution is 2.43. The van der Waals surface area contributed by atoms with Gasteiger partial charge in [0.05, 0.1) is 5.69 Å². The Labute approximate surface area is 188 Å². The Hall–Kier alpha value is -3.74.